The molecule has 21 heavy (non-hydrogen) atoms. The second kappa shape index (κ2) is 6.57. The SMILES string of the molecule is O=C(NC(C(=O)O)c1ccccc1)c1cc(I)ccc1O. The number of carbonyl (C=O) groups is 2. The zero-order valence-electron chi connectivity index (χ0n) is 10.8. The summed E-state index contributed by atoms with van der Waals surface area (Å²) in [6.07, 6.45) is 0. The molecule has 0 spiro atoms. The quantitative estimate of drug-likeness (QED) is 0.693. The van der Waals surface area contributed by atoms with E-state index in [1.165, 1.54) is 12.1 Å². The highest BCUT2D eigenvalue weighted by Gasteiger charge is 2.23. The lowest BCUT2D eigenvalue weighted by Crippen LogP contribution is -2.33. The second-order valence-electron chi connectivity index (χ2n) is 4.32. The van der Waals surface area contributed by atoms with Crippen LogP contribution in [0, 0.1) is 3.57 Å². The average Bonchev–Trinajstić information content (AvgIpc) is 2.47. The third-order valence-electron chi connectivity index (χ3n) is 2.86. The minimum absolute atomic E-state index is 0.0454. The first-order chi connectivity index (χ1) is 9.99. The minimum Gasteiger partial charge on any atom is -0.507 e. The number of nitrogens with one attached hydrogen (secondary N) is 1. The van der Waals surface area contributed by atoms with Gasteiger partial charge >= 0.3 is 5.97 Å². The molecule has 1 unspecified atom stereocenters. The van der Waals surface area contributed by atoms with Gasteiger partial charge in [-0.25, -0.2) is 4.79 Å². The number of phenolic OH excluding ortho intramolecular Hbond substituents is 1. The third-order valence-corrected chi connectivity index (χ3v) is 3.53. The van der Waals surface area contributed by atoms with Crippen molar-refractivity contribution < 1.29 is 19.8 Å². The van der Waals surface area contributed by atoms with Gasteiger partial charge in [0.2, 0.25) is 0 Å². The molecule has 0 fully saturated rings. The van der Waals surface area contributed by atoms with Crippen LogP contribution < -0.4 is 5.32 Å². The summed E-state index contributed by atoms with van der Waals surface area (Å²) in [7, 11) is 0. The molecule has 0 aliphatic carbocycles. The number of hydrogen-bond acceptors (Lipinski definition) is 3. The lowest BCUT2D eigenvalue weighted by Gasteiger charge is -2.15. The van der Waals surface area contributed by atoms with Crippen molar-refractivity contribution in [1.82, 2.24) is 5.32 Å². The van der Waals surface area contributed by atoms with Gasteiger partial charge in [-0.1, -0.05) is 30.3 Å². The van der Waals surface area contributed by atoms with Gasteiger partial charge in [0, 0.05) is 3.57 Å². The van der Waals surface area contributed by atoms with Crippen molar-refractivity contribution in [3.8, 4) is 5.75 Å². The molecule has 0 aromatic heterocycles. The summed E-state index contributed by atoms with van der Waals surface area (Å²) in [5, 5.41) is 21.4. The number of aromatic hydroxyl groups is 1. The van der Waals surface area contributed by atoms with Gasteiger partial charge in [0.25, 0.3) is 5.91 Å². The van der Waals surface area contributed by atoms with Crippen LogP contribution in [0.3, 0.4) is 0 Å². The molecule has 0 radical (unpaired) electrons. The average molecular weight is 397 g/mol. The standard InChI is InChI=1S/C15H12INO4/c16-10-6-7-12(18)11(8-10)14(19)17-13(15(20)21)9-4-2-1-3-5-9/h1-8,13,18H,(H,17,19)(H,20,21). The van der Waals surface area contributed by atoms with Gasteiger partial charge in [0.05, 0.1) is 5.56 Å². The Hall–Kier alpha value is -2.09. The number of phenols is 1. The van der Waals surface area contributed by atoms with E-state index in [1.807, 2.05) is 22.6 Å². The predicted octanol–water partition coefficient (Wildman–Crippen LogP) is 2.55. The molecule has 1 amide bonds. The van der Waals surface area contributed by atoms with Crippen LogP contribution in [-0.4, -0.2) is 22.1 Å². The third kappa shape index (κ3) is 3.72. The fourth-order valence-electron chi connectivity index (χ4n) is 1.83. The molecule has 0 saturated heterocycles. The topological polar surface area (TPSA) is 86.6 Å². The number of benzene rings is 2. The molecule has 3 N–H and O–H groups in total. The van der Waals surface area contributed by atoms with Crippen LogP contribution in [0.5, 0.6) is 5.75 Å². The van der Waals surface area contributed by atoms with E-state index in [2.05, 4.69) is 5.32 Å². The van der Waals surface area contributed by atoms with E-state index in [1.54, 1.807) is 36.4 Å². The van der Waals surface area contributed by atoms with Crippen molar-refractivity contribution in [2.24, 2.45) is 0 Å². The molecule has 0 heterocycles. The van der Waals surface area contributed by atoms with Gasteiger partial charge in [0.1, 0.15) is 5.75 Å². The number of carboxylic acids is 1. The van der Waals surface area contributed by atoms with Crippen molar-refractivity contribution in [2.45, 2.75) is 6.04 Å². The van der Waals surface area contributed by atoms with Crippen LogP contribution in [0.25, 0.3) is 0 Å². The van der Waals surface area contributed by atoms with Gasteiger partial charge < -0.3 is 15.5 Å². The molecule has 108 valence electrons. The zero-order chi connectivity index (χ0) is 15.4. The Morgan fingerprint density at radius 2 is 1.76 bits per heavy atom. The number of halogens is 1. The molecular formula is C15H12INO4. The maximum absolute atomic E-state index is 12.2. The molecule has 0 saturated carbocycles. The van der Waals surface area contributed by atoms with Crippen molar-refractivity contribution in [1.29, 1.82) is 0 Å². The largest absolute Gasteiger partial charge is 0.507 e. The Balaban J connectivity index is 2.27. The summed E-state index contributed by atoms with van der Waals surface area (Å²) in [6, 6.07) is 11.8. The molecule has 6 heteroatoms. The molecule has 2 aromatic rings. The van der Waals surface area contributed by atoms with Gasteiger partial charge in [-0.3, -0.25) is 4.79 Å². The summed E-state index contributed by atoms with van der Waals surface area (Å²) in [5.74, 6) is -1.99. The molecule has 0 aliphatic rings. The van der Waals surface area contributed by atoms with Crippen molar-refractivity contribution >= 4 is 34.5 Å². The first-order valence-electron chi connectivity index (χ1n) is 6.06. The smallest absolute Gasteiger partial charge is 0.330 e. The predicted molar refractivity (Wildman–Crippen MR) is 85.1 cm³/mol. The molecule has 1 atom stereocenters. The first-order valence-corrected chi connectivity index (χ1v) is 7.14. The Kier molecular flexibility index (Phi) is 4.79. The monoisotopic (exact) mass is 397 g/mol. The van der Waals surface area contributed by atoms with Gasteiger partial charge in [0.15, 0.2) is 6.04 Å². The van der Waals surface area contributed by atoms with E-state index in [9.17, 15) is 19.8 Å². The molecular weight excluding hydrogens is 385 g/mol. The lowest BCUT2D eigenvalue weighted by atomic mass is 10.1. The van der Waals surface area contributed by atoms with Crippen LogP contribution in [0.2, 0.25) is 0 Å². The lowest BCUT2D eigenvalue weighted by molar-refractivity contribution is -0.139. The number of carbonyl (C=O) groups excluding carboxylic acids is 1. The summed E-state index contributed by atoms with van der Waals surface area (Å²) < 4.78 is 0.766. The highest BCUT2D eigenvalue weighted by atomic mass is 127. The number of rotatable bonds is 4. The Morgan fingerprint density at radius 3 is 2.38 bits per heavy atom. The maximum atomic E-state index is 12.2. The first kappa shape index (κ1) is 15.3. The Labute approximate surface area is 134 Å². The van der Waals surface area contributed by atoms with Crippen LogP contribution >= 0.6 is 22.6 Å². The van der Waals surface area contributed by atoms with E-state index in [0.29, 0.717) is 5.56 Å². The molecule has 5 nitrogen and oxygen atoms in total. The van der Waals surface area contributed by atoms with E-state index >= 15 is 0 Å². The van der Waals surface area contributed by atoms with Gasteiger partial charge in [-0.2, -0.15) is 0 Å². The number of hydrogen-bond donors (Lipinski definition) is 3. The summed E-state index contributed by atoms with van der Waals surface area (Å²) >= 11 is 2.01. The number of aliphatic carboxylic acids is 1. The van der Waals surface area contributed by atoms with Crippen LogP contribution in [0.4, 0.5) is 0 Å². The Morgan fingerprint density at radius 1 is 1.10 bits per heavy atom. The minimum atomic E-state index is -1.17. The number of amides is 1. The molecule has 0 aliphatic heterocycles. The molecule has 2 aromatic carbocycles. The van der Waals surface area contributed by atoms with Crippen LogP contribution in [-0.2, 0) is 4.79 Å². The van der Waals surface area contributed by atoms with Crippen LogP contribution in [0.15, 0.2) is 48.5 Å². The molecule has 0 bridgehead atoms. The highest BCUT2D eigenvalue weighted by molar-refractivity contribution is 14.1. The van der Waals surface area contributed by atoms with Gasteiger partial charge in [-0.15, -0.1) is 0 Å². The fourth-order valence-corrected chi connectivity index (χ4v) is 2.32. The molecule has 2 rings (SSSR count). The van der Waals surface area contributed by atoms with E-state index in [0.717, 1.165) is 3.57 Å². The number of carboxylic acid groups (broad SMARTS) is 1. The summed E-state index contributed by atoms with van der Waals surface area (Å²) in [5.41, 5.74) is 0.507. The van der Waals surface area contributed by atoms with Crippen LogP contribution in [0.1, 0.15) is 22.0 Å². The second-order valence-corrected chi connectivity index (χ2v) is 5.56. The van der Waals surface area contributed by atoms with Crippen molar-refractivity contribution in [3.63, 3.8) is 0 Å². The van der Waals surface area contributed by atoms with E-state index < -0.39 is 17.9 Å². The summed E-state index contributed by atoms with van der Waals surface area (Å²) in [4.78, 5) is 23.5. The van der Waals surface area contributed by atoms with Crippen molar-refractivity contribution in [2.75, 3.05) is 0 Å². The summed E-state index contributed by atoms with van der Waals surface area (Å²) in [6.45, 7) is 0. The van der Waals surface area contributed by atoms with Gasteiger partial charge in [-0.05, 0) is 46.4 Å². The fraction of sp³-hybridized carbons (Fsp3) is 0.0667. The Bertz CT molecular complexity index is 673. The highest BCUT2D eigenvalue weighted by Crippen LogP contribution is 2.21. The normalized spacial score (nSPS) is 11.7. The van der Waals surface area contributed by atoms with Crippen molar-refractivity contribution in [3.05, 3.63) is 63.2 Å². The zero-order valence-corrected chi connectivity index (χ0v) is 12.9. The maximum Gasteiger partial charge on any atom is 0.330 e. The van der Waals surface area contributed by atoms with E-state index in [4.69, 9.17) is 0 Å². The van der Waals surface area contributed by atoms with E-state index in [-0.39, 0.29) is 11.3 Å².